The van der Waals surface area contributed by atoms with Crippen LogP contribution in [0, 0.1) is 0 Å². The van der Waals surface area contributed by atoms with E-state index in [2.05, 4.69) is 16.8 Å². The summed E-state index contributed by atoms with van der Waals surface area (Å²) in [6.45, 7) is 3.24. The Morgan fingerprint density at radius 2 is 2.11 bits per heavy atom. The number of esters is 1. The van der Waals surface area contributed by atoms with Crippen LogP contribution in [0.3, 0.4) is 0 Å². The number of hydrogen-bond acceptors (Lipinski definition) is 5. The minimum atomic E-state index is -0.351. The number of rotatable bonds is 7. The number of amides is 1. The van der Waals surface area contributed by atoms with Crippen LogP contribution in [-0.4, -0.2) is 36.5 Å². The molecule has 5 nitrogen and oxygen atoms in total. The van der Waals surface area contributed by atoms with Gasteiger partial charge in [0.15, 0.2) is 0 Å². The largest absolute Gasteiger partial charge is 0.463 e. The van der Waals surface area contributed by atoms with E-state index in [1.54, 1.807) is 24.3 Å². The Morgan fingerprint density at radius 3 is 2.81 bits per heavy atom. The van der Waals surface area contributed by atoms with Crippen LogP contribution in [0.5, 0.6) is 0 Å². The first-order valence-corrected chi connectivity index (χ1v) is 10.1. The van der Waals surface area contributed by atoms with Gasteiger partial charge in [0, 0.05) is 23.2 Å². The Labute approximate surface area is 163 Å². The van der Waals surface area contributed by atoms with Gasteiger partial charge >= 0.3 is 5.97 Å². The van der Waals surface area contributed by atoms with Crippen molar-refractivity contribution in [2.24, 2.45) is 0 Å². The van der Waals surface area contributed by atoms with Gasteiger partial charge in [-0.3, -0.25) is 4.79 Å². The van der Waals surface area contributed by atoms with Crippen LogP contribution < -0.4 is 5.32 Å². The molecule has 1 atom stereocenters. The minimum Gasteiger partial charge on any atom is -0.463 e. The van der Waals surface area contributed by atoms with Gasteiger partial charge in [-0.1, -0.05) is 18.2 Å². The van der Waals surface area contributed by atoms with Crippen LogP contribution in [0.2, 0.25) is 0 Å². The Bertz CT molecular complexity index is 784. The van der Waals surface area contributed by atoms with E-state index in [-0.39, 0.29) is 24.5 Å². The summed E-state index contributed by atoms with van der Waals surface area (Å²) in [6, 6.07) is 12.0. The second kappa shape index (κ2) is 9.37. The number of carbonyl (C=O) groups is 2. The van der Waals surface area contributed by atoms with Gasteiger partial charge in [0.25, 0.3) is 0 Å². The zero-order valence-corrected chi connectivity index (χ0v) is 16.2. The maximum atomic E-state index is 12.6. The lowest BCUT2D eigenvalue weighted by molar-refractivity contribution is -0.137. The van der Waals surface area contributed by atoms with Crippen molar-refractivity contribution in [3.8, 4) is 0 Å². The lowest BCUT2D eigenvalue weighted by Gasteiger charge is -2.24. The number of benzene rings is 1. The lowest BCUT2D eigenvalue weighted by Crippen LogP contribution is -2.34. The van der Waals surface area contributed by atoms with Crippen molar-refractivity contribution < 1.29 is 14.3 Å². The first-order valence-electron chi connectivity index (χ1n) is 9.19. The van der Waals surface area contributed by atoms with E-state index in [0.717, 1.165) is 30.6 Å². The van der Waals surface area contributed by atoms with Crippen LogP contribution in [-0.2, 0) is 14.3 Å². The standard InChI is InChI=1S/C21H24N2O3S/c1-2-26-21(25)12-9-16-7-10-17(11-8-16)22-15-20(24)23-13-3-5-18(23)19-6-4-14-27-19/h4,6-12,14,18,22H,2-3,5,13,15H2,1H3/b12-9+. The van der Waals surface area contributed by atoms with Crippen LogP contribution in [0.25, 0.3) is 6.08 Å². The molecule has 1 saturated heterocycles. The van der Waals surface area contributed by atoms with Gasteiger partial charge in [0.2, 0.25) is 5.91 Å². The lowest BCUT2D eigenvalue weighted by atomic mass is 10.2. The van der Waals surface area contributed by atoms with Crippen molar-refractivity contribution in [2.45, 2.75) is 25.8 Å². The van der Waals surface area contributed by atoms with Crippen LogP contribution in [0.1, 0.15) is 36.2 Å². The highest BCUT2D eigenvalue weighted by atomic mass is 32.1. The van der Waals surface area contributed by atoms with E-state index in [1.165, 1.54) is 11.0 Å². The highest BCUT2D eigenvalue weighted by molar-refractivity contribution is 7.10. The quantitative estimate of drug-likeness (QED) is 0.577. The number of hydrogen-bond donors (Lipinski definition) is 1. The van der Waals surface area contributed by atoms with Crippen molar-refractivity contribution in [3.63, 3.8) is 0 Å². The highest BCUT2D eigenvalue weighted by Gasteiger charge is 2.30. The third-order valence-electron chi connectivity index (χ3n) is 4.50. The molecule has 142 valence electrons. The Kier molecular flexibility index (Phi) is 6.65. The first-order chi connectivity index (χ1) is 13.2. The third-order valence-corrected chi connectivity index (χ3v) is 5.47. The first kappa shape index (κ1) is 19.2. The number of thiophene rings is 1. The van der Waals surface area contributed by atoms with Crippen molar-refractivity contribution >= 4 is 35.0 Å². The predicted octanol–water partition coefficient (Wildman–Crippen LogP) is 4.10. The second-order valence-electron chi connectivity index (χ2n) is 6.32. The summed E-state index contributed by atoms with van der Waals surface area (Å²) >= 11 is 1.71. The fourth-order valence-electron chi connectivity index (χ4n) is 3.19. The number of likely N-dealkylation sites (tertiary alicyclic amines) is 1. The monoisotopic (exact) mass is 384 g/mol. The molecule has 1 aromatic heterocycles. The van der Waals surface area contributed by atoms with Crippen LogP contribution in [0.4, 0.5) is 5.69 Å². The smallest absolute Gasteiger partial charge is 0.330 e. The number of nitrogens with one attached hydrogen (secondary N) is 1. The normalized spacial score (nSPS) is 16.6. The SMILES string of the molecule is CCOC(=O)/C=C/c1ccc(NCC(=O)N2CCCC2c2cccs2)cc1. The molecule has 0 saturated carbocycles. The van der Waals surface area contributed by atoms with Crippen LogP contribution >= 0.6 is 11.3 Å². The van der Waals surface area contributed by atoms with Crippen molar-refractivity contribution in [1.82, 2.24) is 4.90 Å². The minimum absolute atomic E-state index is 0.122. The second-order valence-corrected chi connectivity index (χ2v) is 7.30. The van der Waals surface area contributed by atoms with Gasteiger partial charge in [0.1, 0.15) is 0 Å². The van der Waals surface area contributed by atoms with Gasteiger partial charge in [-0.25, -0.2) is 4.79 Å². The molecule has 2 heterocycles. The van der Waals surface area contributed by atoms with Gasteiger partial charge < -0.3 is 15.0 Å². The molecule has 6 heteroatoms. The maximum absolute atomic E-state index is 12.6. The zero-order chi connectivity index (χ0) is 19.1. The van der Waals surface area contributed by atoms with Gasteiger partial charge in [-0.15, -0.1) is 11.3 Å². The average Bonchev–Trinajstić information content (AvgIpc) is 3.36. The number of anilines is 1. The Hall–Kier alpha value is -2.60. The summed E-state index contributed by atoms with van der Waals surface area (Å²) in [5, 5.41) is 5.26. The third kappa shape index (κ3) is 5.20. The van der Waals surface area contributed by atoms with E-state index < -0.39 is 0 Å². The molecule has 0 aliphatic carbocycles. The molecular weight excluding hydrogens is 360 g/mol. The molecule has 3 rings (SSSR count). The molecule has 0 bridgehead atoms. The summed E-state index contributed by atoms with van der Waals surface area (Å²) in [7, 11) is 0. The fourth-order valence-corrected chi connectivity index (χ4v) is 4.06. The van der Waals surface area contributed by atoms with Crippen molar-refractivity contribution in [3.05, 3.63) is 58.3 Å². The predicted molar refractivity (Wildman–Crippen MR) is 109 cm³/mol. The number of ether oxygens (including phenoxy) is 1. The van der Waals surface area contributed by atoms with E-state index in [4.69, 9.17) is 4.74 Å². The molecule has 1 unspecified atom stereocenters. The van der Waals surface area contributed by atoms with E-state index in [1.807, 2.05) is 35.2 Å². The summed E-state index contributed by atoms with van der Waals surface area (Å²) in [6.07, 6.45) is 5.21. The molecule has 1 N–H and O–H groups in total. The van der Waals surface area contributed by atoms with E-state index in [9.17, 15) is 9.59 Å². The van der Waals surface area contributed by atoms with Crippen LogP contribution in [0.15, 0.2) is 47.9 Å². The molecule has 1 aliphatic rings. The average molecular weight is 385 g/mol. The molecule has 27 heavy (non-hydrogen) atoms. The summed E-state index contributed by atoms with van der Waals surface area (Å²) < 4.78 is 4.86. The molecule has 1 aliphatic heterocycles. The summed E-state index contributed by atoms with van der Waals surface area (Å²) in [5.41, 5.74) is 1.78. The number of nitrogens with zero attached hydrogens (tertiary/aromatic N) is 1. The van der Waals surface area contributed by atoms with Gasteiger partial charge in [-0.2, -0.15) is 0 Å². The molecular formula is C21H24N2O3S. The Morgan fingerprint density at radius 1 is 1.30 bits per heavy atom. The van der Waals surface area contributed by atoms with Gasteiger partial charge in [-0.05, 0) is 55.0 Å². The van der Waals surface area contributed by atoms with Crippen molar-refractivity contribution in [2.75, 3.05) is 25.0 Å². The summed E-state index contributed by atoms with van der Waals surface area (Å²) in [5.74, 6) is -0.228. The molecule has 1 aromatic carbocycles. The summed E-state index contributed by atoms with van der Waals surface area (Å²) in [4.78, 5) is 27.2. The van der Waals surface area contributed by atoms with Gasteiger partial charge in [0.05, 0.1) is 19.2 Å². The van der Waals surface area contributed by atoms with E-state index >= 15 is 0 Å². The maximum Gasteiger partial charge on any atom is 0.330 e. The highest BCUT2D eigenvalue weighted by Crippen LogP contribution is 2.34. The number of carbonyl (C=O) groups excluding carboxylic acids is 2. The molecule has 1 amide bonds. The topological polar surface area (TPSA) is 58.6 Å². The fraction of sp³-hybridized carbons (Fsp3) is 0.333. The molecule has 0 radical (unpaired) electrons. The molecule has 1 fully saturated rings. The Balaban J connectivity index is 1.52. The molecule has 2 aromatic rings. The van der Waals surface area contributed by atoms with Crippen molar-refractivity contribution in [1.29, 1.82) is 0 Å². The van der Waals surface area contributed by atoms with E-state index in [0.29, 0.717) is 6.61 Å². The molecule has 0 spiro atoms. The zero-order valence-electron chi connectivity index (χ0n) is 15.4.